The lowest BCUT2D eigenvalue weighted by Crippen LogP contribution is -2.50. The number of hydrazine groups is 1. The zero-order valence-corrected chi connectivity index (χ0v) is 11.1. The minimum absolute atomic E-state index is 0.323. The topological polar surface area (TPSA) is 62.9 Å². The number of guanidine groups is 1. The first-order valence-corrected chi connectivity index (χ1v) is 6.69. The molecule has 1 aliphatic heterocycles. The molecule has 1 fully saturated rings. The summed E-state index contributed by atoms with van der Waals surface area (Å²) in [5.74, 6) is 6.33. The Morgan fingerprint density at radius 3 is 2.94 bits per heavy atom. The molecule has 5 nitrogen and oxygen atoms in total. The van der Waals surface area contributed by atoms with E-state index in [0.717, 1.165) is 57.9 Å². The maximum Gasteiger partial charge on any atom is 0.208 e. The smallest absolute Gasteiger partial charge is 0.208 e. The minimum atomic E-state index is 0.323. The van der Waals surface area contributed by atoms with Crippen LogP contribution in [0.2, 0.25) is 0 Å². The molecule has 0 bridgehead atoms. The summed E-state index contributed by atoms with van der Waals surface area (Å²) >= 11 is 0. The first kappa shape index (κ1) is 14.3. The van der Waals surface area contributed by atoms with Crippen molar-refractivity contribution >= 4 is 5.96 Å². The lowest BCUT2D eigenvalue weighted by atomic mass is 10.1. The van der Waals surface area contributed by atoms with Crippen LogP contribution in [0.1, 0.15) is 39.5 Å². The van der Waals surface area contributed by atoms with E-state index in [9.17, 15) is 0 Å². The van der Waals surface area contributed by atoms with Gasteiger partial charge in [-0.3, -0.25) is 10.4 Å². The molecule has 3 N–H and O–H groups in total. The van der Waals surface area contributed by atoms with Crippen molar-refractivity contribution in [3.63, 3.8) is 0 Å². The highest BCUT2D eigenvalue weighted by atomic mass is 16.5. The average Bonchev–Trinajstić information content (AvgIpc) is 2.38. The minimum Gasteiger partial charge on any atom is -0.376 e. The van der Waals surface area contributed by atoms with Gasteiger partial charge in [0.1, 0.15) is 0 Å². The molecule has 1 atom stereocenters. The van der Waals surface area contributed by atoms with E-state index in [4.69, 9.17) is 10.6 Å². The molecule has 1 unspecified atom stereocenters. The average molecular weight is 242 g/mol. The quantitative estimate of drug-likeness (QED) is 0.328. The van der Waals surface area contributed by atoms with Crippen LogP contribution >= 0.6 is 0 Å². The van der Waals surface area contributed by atoms with E-state index in [1.165, 1.54) is 0 Å². The Morgan fingerprint density at radius 1 is 1.47 bits per heavy atom. The van der Waals surface area contributed by atoms with Gasteiger partial charge in [-0.15, -0.1) is 0 Å². The van der Waals surface area contributed by atoms with E-state index in [-0.39, 0.29) is 0 Å². The second kappa shape index (κ2) is 8.31. The fourth-order valence-corrected chi connectivity index (χ4v) is 2.01. The molecular weight excluding hydrogens is 216 g/mol. The number of rotatable bonds is 5. The normalized spacial score (nSPS) is 21.7. The Labute approximate surface area is 104 Å². The molecule has 1 aliphatic rings. The number of hydrogen-bond acceptors (Lipinski definition) is 3. The number of nitrogens with two attached hydrogens (primary N) is 1. The van der Waals surface area contributed by atoms with Crippen molar-refractivity contribution in [2.75, 3.05) is 26.2 Å². The number of ether oxygens (including phenoxy) is 1. The van der Waals surface area contributed by atoms with Crippen LogP contribution < -0.4 is 11.3 Å². The molecule has 0 radical (unpaired) electrons. The number of nitrogens with zero attached hydrogens (tertiary/aromatic N) is 2. The second-order valence-electron chi connectivity index (χ2n) is 4.43. The van der Waals surface area contributed by atoms with Gasteiger partial charge < -0.3 is 9.64 Å². The van der Waals surface area contributed by atoms with Crippen LogP contribution in [-0.2, 0) is 4.74 Å². The molecular formula is C12H26N4O. The van der Waals surface area contributed by atoms with E-state index in [1.807, 2.05) is 0 Å². The zero-order valence-electron chi connectivity index (χ0n) is 11.1. The number of piperidine rings is 1. The van der Waals surface area contributed by atoms with Crippen LogP contribution in [0, 0.1) is 0 Å². The molecule has 1 saturated heterocycles. The molecule has 0 aliphatic carbocycles. The van der Waals surface area contributed by atoms with Crippen LogP contribution in [-0.4, -0.2) is 43.2 Å². The molecule has 0 aromatic rings. The molecule has 0 amide bonds. The van der Waals surface area contributed by atoms with Crippen molar-refractivity contribution < 1.29 is 4.74 Å². The van der Waals surface area contributed by atoms with Crippen LogP contribution in [0.25, 0.3) is 0 Å². The van der Waals surface area contributed by atoms with Gasteiger partial charge in [-0.1, -0.05) is 13.8 Å². The number of nitrogens with one attached hydrogen (secondary N) is 1. The first-order chi connectivity index (χ1) is 8.31. The zero-order chi connectivity index (χ0) is 12.5. The highest BCUT2D eigenvalue weighted by Gasteiger charge is 2.22. The summed E-state index contributed by atoms with van der Waals surface area (Å²) in [7, 11) is 0. The van der Waals surface area contributed by atoms with E-state index in [2.05, 4.69) is 29.2 Å². The molecule has 0 aromatic carbocycles. The van der Waals surface area contributed by atoms with Crippen molar-refractivity contribution in [1.29, 1.82) is 0 Å². The largest absolute Gasteiger partial charge is 0.376 e. The molecule has 100 valence electrons. The van der Waals surface area contributed by atoms with Crippen molar-refractivity contribution in [1.82, 2.24) is 10.3 Å². The molecule has 0 saturated carbocycles. The Hall–Kier alpha value is -0.810. The van der Waals surface area contributed by atoms with Gasteiger partial charge in [0.2, 0.25) is 5.96 Å². The molecule has 17 heavy (non-hydrogen) atoms. The summed E-state index contributed by atoms with van der Waals surface area (Å²) in [6.45, 7) is 7.81. The fourth-order valence-electron chi connectivity index (χ4n) is 2.01. The molecule has 0 spiro atoms. The van der Waals surface area contributed by atoms with Gasteiger partial charge in [0.25, 0.3) is 0 Å². The lowest BCUT2D eigenvalue weighted by molar-refractivity contribution is 0.0158. The van der Waals surface area contributed by atoms with Gasteiger partial charge in [-0.2, -0.15) is 0 Å². The predicted octanol–water partition coefficient (Wildman–Crippen LogP) is 1.11. The molecule has 1 rings (SSSR count). The van der Waals surface area contributed by atoms with Gasteiger partial charge in [0.05, 0.1) is 6.10 Å². The van der Waals surface area contributed by atoms with Crippen LogP contribution in [0.5, 0.6) is 0 Å². The van der Waals surface area contributed by atoms with Crippen molar-refractivity contribution in [3.8, 4) is 0 Å². The van der Waals surface area contributed by atoms with Gasteiger partial charge in [-0.05, 0) is 25.7 Å². The van der Waals surface area contributed by atoms with Gasteiger partial charge in [0.15, 0.2) is 0 Å². The third kappa shape index (κ3) is 4.91. The SMILES string of the molecule is CCCN=C(NN)N1CCCC(OCCC)C1. The monoisotopic (exact) mass is 242 g/mol. The molecule has 5 heteroatoms. The summed E-state index contributed by atoms with van der Waals surface area (Å²) in [5.41, 5.74) is 2.70. The number of aliphatic imine (C=N–C) groups is 1. The van der Waals surface area contributed by atoms with E-state index in [0.29, 0.717) is 6.10 Å². The fraction of sp³-hybridized carbons (Fsp3) is 0.917. The summed E-state index contributed by atoms with van der Waals surface area (Å²) < 4.78 is 5.80. The first-order valence-electron chi connectivity index (χ1n) is 6.69. The van der Waals surface area contributed by atoms with Gasteiger partial charge >= 0.3 is 0 Å². The Balaban J connectivity index is 2.46. The summed E-state index contributed by atoms with van der Waals surface area (Å²) in [6.07, 6.45) is 4.71. The van der Waals surface area contributed by atoms with E-state index < -0.39 is 0 Å². The maximum absolute atomic E-state index is 5.80. The Morgan fingerprint density at radius 2 is 2.29 bits per heavy atom. The van der Waals surface area contributed by atoms with Crippen molar-refractivity contribution in [2.24, 2.45) is 10.8 Å². The summed E-state index contributed by atoms with van der Waals surface area (Å²) in [5, 5.41) is 0. The highest BCUT2D eigenvalue weighted by Crippen LogP contribution is 2.13. The van der Waals surface area contributed by atoms with Crippen molar-refractivity contribution in [3.05, 3.63) is 0 Å². The predicted molar refractivity (Wildman–Crippen MR) is 70.8 cm³/mol. The van der Waals surface area contributed by atoms with E-state index >= 15 is 0 Å². The lowest BCUT2D eigenvalue weighted by Gasteiger charge is -2.34. The highest BCUT2D eigenvalue weighted by molar-refractivity contribution is 5.79. The van der Waals surface area contributed by atoms with Gasteiger partial charge in [-0.25, -0.2) is 5.84 Å². The van der Waals surface area contributed by atoms with Crippen LogP contribution in [0.15, 0.2) is 4.99 Å². The van der Waals surface area contributed by atoms with Gasteiger partial charge in [0, 0.05) is 26.2 Å². The maximum atomic E-state index is 5.80. The number of likely N-dealkylation sites (tertiary alicyclic amines) is 1. The summed E-state index contributed by atoms with van der Waals surface area (Å²) in [6, 6.07) is 0. The molecule has 0 aromatic heterocycles. The second-order valence-corrected chi connectivity index (χ2v) is 4.43. The Kier molecular flexibility index (Phi) is 6.96. The Bertz CT molecular complexity index is 233. The van der Waals surface area contributed by atoms with Crippen LogP contribution in [0.4, 0.5) is 0 Å². The van der Waals surface area contributed by atoms with Crippen molar-refractivity contribution in [2.45, 2.75) is 45.6 Å². The standard InChI is InChI=1S/C12H26N4O/c1-3-7-14-12(15-13)16-8-5-6-11(10-16)17-9-4-2/h11H,3-10,13H2,1-2H3,(H,14,15). The summed E-state index contributed by atoms with van der Waals surface area (Å²) in [4.78, 5) is 6.64. The molecule has 1 heterocycles. The van der Waals surface area contributed by atoms with Crippen LogP contribution in [0.3, 0.4) is 0 Å². The third-order valence-electron chi connectivity index (χ3n) is 2.85. The number of hydrogen-bond donors (Lipinski definition) is 2. The van der Waals surface area contributed by atoms with E-state index in [1.54, 1.807) is 0 Å². The third-order valence-corrected chi connectivity index (χ3v) is 2.85.